The van der Waals surface area contributed by atoms with Crippen molar-refractivity contribution in [1.29, 1.82) is 0 Å². The molecule has 0 bridgehead atoms. The predicted octanol–water partition coefficient (Wildman–Crippen LogP) is 3.07. The number of hydrogen-bond donors (Lipinski definition) is 1. The predicted molar refractivity (Wildman–Crippen MR) is 104 cm³/mol. The number of halogens is 2. The number of sulfone groups is 1. The molecule has 2 heterocycles. The molecule has 0 aliphatic carbocycles. The second-order valence-corrected chi connectivity index (χ2v) is 9.59. The number of carbonyl (C=O) groups is 1. The van der Waals surface area contributed by atoms with Crippen molar-refractivity contribution in [3.8, 4) is 0 Å². The third kappa shape index (κ3) is 4.82. The number of carbonyl (C=O) groups excluding carboxylic acids is 1. The average molecular weight is 460 g/mol. The van der Waals surface area contributed by atoms with Gasteiger partial charge in [-0.25, -0.2) is 22.8 Å². The number of hydrogen-bond acceptors (Lipinski definition) is 9. The second-order valence-electron chi connectivity index (χ2n) is 5.27. The van der Waals surface area contributed by atoms with E-state index in [1.807, 2.05) is 6.26 Å². The summed E-state index contributed by atoms with van der Waals surface area (Å²) in [6.07, 6.45) is 2.85. The first-order valence-electron chi connectivity index (χ1n) is 7.47. The fourth-order valence-corrected chi connectivity index (χ4v) is 4.57. The maximum absolute atomic E-state index is 13.0. The largest absolute Gasteiger partial charge is 0.295 e. The van der Waals surface area contributed by atoms with Gasteiger partial charge in [-0.3, -0.25) is 10.1 Å². The number of amides is 1. The van der Waals surface area contributed by atoms with Crippen LogP contribution in [0.2, 0.25) is 5.02 Å². The lowest BCUT2D eigenvalue weighted by atomic mass is 10.2. The summed E-state index contributed by atoms with van der Waals surface area (Å²) in [7, 11) is -3.98. The van der Waals surface area contributed by atoms with Crippen LogP contribution < -0.4 is 5.32 Å². The van der Waals surface area contributed by atoms with Crippen LogP contribution in [0.5, 0.6) is 0 Å². The molecule has 2 aromatic heterocycles. The molecule has 3 rings (SSSR count). The molecule has 0 fully saturated rings. The van der Waals surface area contributed by atoms with Gasteiger partial charge in [0.15, 0.2) is 10.0 Å². The number of anilines is 1. The van der Waals surface area contributed by atoms with Crippen LogP contribution in [0.3, 0.4) is 0 Å². The summed E-state index contributed by atoms with van der Waals surface area (Å²) in [5.41, 5.74) is 0.0413. The van der Waals surface area contributed by atoms with E-state index in [1.54, 1.807) is 0 Å². The highest BCUT2D eigenvalue weighted by Gasteiger charge is 2.23. The fourth-order valence-electron chi connectivity index (χ4n) is 2.02. The highest BCUT2D eigenvalue weighted by atomic mass is 35.5. The monoisotopic (exact) mass is 459 g/mol. The first kappa shape index (κ1) is 20.6. The Labute approximate surface area is 172 Å². The summed E-state index contributed by atoms with van der Waals surface area (Å²) in [4.78, 5) is 19.9. The van der Waals surface area contributed by atoms with Crippen molar-refractivity contribution in [1.82, 2.24) is 20.2 Å². The lowest BCUT2D eigenvalue weighted by Gasteiger charge is -2.07. The van der Waals surface area contributed by atoms with Crippen LogP contribution in [0.1, 0.15) is 16.1 Å². The quantitative estimate of drug-likeness (QED) is 0.339. The molecule has 0 saturated carbocycles. The maximum atomic E-state index is 13.0. The van der Waals surface area contributed by atoms with Gasteiger partial charge in [-0.1, -0.05) is 46.8 Å². The molecule has 0 radical (unpaired) electrons. The Morgan fingerprint density at radius 2 is 2.00 bits per heavy atom. The van der Waals surface area contributed by atoms with Crippen molar-refractivity contribution >= 4 is 55.6 Å². The zero-order valence-electron chi connectivity index (χ0n) is 14.1. The molecule has 0 aliphatic rings. The van der Waals surface area contributed by atoms with Gasteiger partial charge in [0, 0.05) is 0 Å². The van der Waals surface area contributed by atoms with Crippen LogP contribution in [0.15, 0.2) is 40.0 Å². The Morgan fingerprint density at radius 3 is 2.64 bits per heavy atom. The topological polar surface area (TPSA) is 115 Å². The van der Waals surface area contributed by atoms with Gasteiger partial charge in [-0.2, -0.15) is 0 Å². The Bertz CT molecular complexity index is 1120. The van der Waals surface area contributed by atoms with E-state index in [4.69, 9.17) is 11.6 Å². The van der Waals surface area contributed by atoms with Crippen molar-refractivity contribution in [2.45, 2.75) is 15.2 Å². The van der Waals surface area contributed by atoms with Crippen LogP contribution in [-0.2, 0) is 15.6 Å². The van der Waals surface area contributed by atoms with Crippen LogP contribution in [0.25, 0.3) is 0 Å². The van der Waals surface area contributed by atoms with Crippen molar-refractivity contribution in [3.05, 3.63) is 52.6 Å². The number of nitrogens with zero attached hydrogens (tertiary/aromatic N) is 4. The van der Waals surface area contributed by atoms with E-state index in [1.165, 1.54) is 23.9 Å². The van der Waals surface area contributed by atoms with Gasteiger partial charge in [0.1, 0.15) is 5.82 Å². The number of aromatic nitrogens is 4. The molecule has 3 aromatic rings. The average Bonchev–Trinajstić information content (AvgIpc) is 3.11. The number of thioether (sulfide) groups is 1. The van der Waals surface area contributed by atoms with Crippen LogP contribution in [0.4, 0.5) is 9.52 Å². The summed E-state index contributed by atoms with van der Waals surface area (Å²) >= 11 is 8.47. The molecule has 28 heavy (non-hydrogen) atoms. The van der Waals surface area contributed by atoms with Crippen molar-refractivity contribution in [2.75, 3.05) is 11.6 Å². The second kappa shape index (κ2) is 8.47. The molecule has 13 heteroatoms. The smallest absolute Gasteiger partial charge is 0.277 e. The van der Waals surface area contributed by atoms with Crippen LogP contribution in [0, 0.1) is 5.82 Å². The van der Waals surface area contributed by atoms with Gasteiger partial charge in [0.25, 0.3) is 5.91 Å². The SMILES string of the molecule is CSc1nnc(NC(=O)c2nc(S(=O)(=O)Cc3ccc(F)cc3)ncc2Cl)s1. The molecule has 1 amide bonds. The van der Waals surface area contributed by atoms with Gasteiger partial charge < -0.3 is 0 Å². The molecule has 0 saturated heterocycles. The van der Waals surface area contributed by atoms with Gasteiger partial charge in [-0.05, 0) is 24.0 Å². The Morgan fingerprint density at radius 1 is 1.29 bits per heavy atom. The molecule has 0 spiro atoms. The molecule has 0 atom stereocenters. The van der Waals surface area contributed by atoms with Crippen molar-refractivity contribution < 1.29 is 17.6 Å². The molecule has 0 unspecified atom stereocenters. The lowest BCUT2D eigenvalue weighted by Crippen LogP contribution is -2.18. The van der Waals surface area contributed by atoms with E-state index >= 15 is 0 Å². The van der Waals surface area contributed by atoms with E-state index in [2.05, 4.69) is 25.5 Å². The maximum Gasteiger partial charge on any atom is 0.277 e. The number of nitrogens with one attached hydrogen (secondary N) is 1. The minimum atomic E-state index is -3.98. The normalized spacial score (nSPS) is 11.4. The zero-order chi connectivity index (χ0) is 20.3. The number of rotatable bonds is 6. The van der Waals surface area contributed by atoms with Gasteiger partial charge in [0.2, 0.25) is 20.1 Å². The highest BCUT2D eigenvalue weighted by Crippen LogP contribution is 2.24. The summed E-state index contributed by atoms with van der Waals surface area (Å²) in [6, 6.07) is 4.99. The Kier molecular flexibility index (Phi) is 6.23. The van der Waals surface area contributed by atoms with E-state index in [0.29, 0.717) is 9.90 Å². The molecule has 8 nitrogen and oxygen atoms in total. The molecule has 1 aromatic carbocycles. The summed E-state index contributed by atoms with van der Waals surface area (Å²) < 4.78 is 38.7. The first-order valence-corrected chi connectivity index (χ1v) is 11.5. The highest BCUT2D eigenvalue weighted by molar-refractivity contribution is 8.00. The Hall–Kier alpha value is -2.15. The minimum absolute atomic E-state index is 0.118. The molecular formula is C15H11ClFN5O3S3. The molecule has 0 aliphatic heterocycles. The van der Waals surface area contributed by atoms with Gasteiger partial charge in [-0.15, -0.1) is 10.2 Å². The van der Waals surface area contributed by atoms with Crippen LogP contribution in [-0.4, -0.2) is 40.7 Å². The standard InChI is InChI=1S/C15H11ClFN5O3S3/c1-26-15-22-21-13(27-15)20-12(23)11-10(16)6-18-14(19-11)28(24,25)7-8-2-4-9(17)5-3-8/h2-6H,7H2,1H3,(H,20,21,23). The van der Waals surface area contributed by atoms with E-state index in [0.717, 1.165) is 29.7 Å². The van der Waals surface area contributed by atoms with Crippen molar-refractivity contribution in [2.24, 2.45) is 0 Å². The van der Waals surface area contributed by atoms with E-state index < -0.39 is 32.5 Å². The van der Waals surface area contributed by atoms with Gasteiger partial charge in [0.05, 0.1) is 17.0 Å². The molecule has 146 valence electrons. The third-order valence-electron chi connectivity index (χ3n) is 3.29. The number of benzene rings is 1. The zero-order valence-corrected chi connectivity index (χ0v) is 17.3. The minimum Gasteiger partial charge on any atom is -0.295 e. The Balaban J connectivity index is 1.85. The van der Waals surface area contributed by atoms with Gasteiger partial charge >= 0.3 is 0 Å². The molecule has 1 N–H and O–H groups in total. The molecular weight excluding hydrogens is 449 g/mol. The lowest BCUT2D eigenvalue weighted by molar-refractivity contribution is 0.102. The first-order chi connectivity index (χ1) is 13.3. The summed E-state index contributed by atoms with van der Waals surface area (Å²) in [5, 5.41) is 9.65. The van der Waals surface area contributed by atoms with Crippen LogP contribution >= 0.6 is 34.7 Å². The fraction of sp³-hybridized carbons (Fsp3) is 0.133. The third-order valence-corrected chi connectivity index (χ3v) is 6.84. The summed E-state index contributed by atoms with van der Waals surface area (Å²) in [5.74, 6) is -1.68. The van der Waals surface area contributed by atoms with Crippen molar-refractivity contribution in [3.63, 3.8) is 0 Å². The van der Waals surface area contributed by atoms with E-state index in [-0.39, 0.29) is 15.8 Å². The summed E-state index contributed by atoms with van der Waals surface area (Å²) in [6.45, 7) is 0. The van der Waals surface area contributed by atoms with E-state index in [9.17, 15) is 17.6 Å².